The third-order valence-electron chi connectivity index (χ3n) is 4.69. The molecule has 30 heavy (non-hydrogen) atoms. The second-order valence-corrected chi connectivity index (χ2v) is 6.87. The highest BCUT2D eigenvalue weighted by molar-refractivity contribution is 6.05. The van der Waals surface area contributed by atoms with Gasteiger partial charge in [-0.05, 0) is 49.4 Å². The number of hydrogen-bond donors (Lipinski definition) is 1. The molecule has 1 aliphatic heterocycles. The van der Waals surface area contributed by atoms with E-state index >= 15 is 0 Å². The minimum atomic E-state index is -0.277. The highest BCUT2D eigenvalue weighted by Crippen LogP contribution is 2.34. The fraction of sp³-hybridized carbons (Fsp3) is 0.174. The number of benzene rings is 2. The van der Waals surface area contributed by atoms with E-state index in [9.17, 15) is 9.59 Å². The van der Waals surface area contributed by atoms with Crippen molar-refractivity contribution >= 4 is 23.2 Å². The zero-order valence-electron chi connectivity index (χ0n) is 16.5. The number of pyridine rings is 1. The maximum atomic E-state index is 12.4. The predicted molar refractivity (Wildman–Crippen MR) is 113 cm³/mol. The highest BCUT2D eigenvalue weighted by atomic mass is 16.5. The predicted octanol–water partition coefficient (Wildman–Crippen LogP) is 3.45. The van der Waals surface area contributed by atoms with Crippen LogP contribution in [0.1, 0.15) is 15.9 Å². The van der Waals surface area contributed by atoms with Crippen molar-refractivity contribution in [2.24, 2.45) is 0 Å². The van der Waals surface area contributed by atoms with E-state index in [1.807, 2.05) is 31.2 Å². The molecule has 3 aromatic rings. The molecular formula is C23H21N3O4. The molecule has 0 unspecified atom stereocenters. The fourth-order valence-corrected chi connectivity index (χ4v) is 3.11. The van der Waals surface area contributed by atoms with E-state index in [-0.39, 0.29) is 18.4 Å². The van der Waals surface area contributed by atoms with Gasteiger partial charge >= 0.3 is 0 Å². The number of anilines is 2. The van der Waals surface area contributed by atoms with Gasteiger partial charge in [0.25, 0.3) is 11.8 Å². The molecule has 0 fully saturated rings. The molecule has 0 aliphatic carbocycles. The monoisotopic (exact) mass is 403 g/mol. The summed E-state index contributed by atoms with van der Waals surface area (Å²) in [5.74, 6) is 0.898. The normalized spacial score (nSPS) is 12.7. The van der Waals surface area contributed by atoms with E-state index < -0.39 is 0 Å². The Balaban J connectivity index is 1.47. The van der Waals surface area contributed by atoms with Crippen LogP contribution in [0.15, 0.2) is 67.0 Å². The van der Waals surface area contributed by atoms with Crippen LogP contribution >= 0.6 is 0 Å². The lowest BCUT2D eigenvalue weighted by atomic mass is 10.2. The Morgan fingerprint density at radius 1 is 1.20 bits per heavy atom. The molecule has 0 saturated carbocycles. The maximum absolute atomic E-state index is 12.4. The van der Waals surface area contributed by atoms with Gasteiger partial charge in [-0.25, -0.2) is 0 Å². The summed E-state index contributed by atoms with van der Waals surface area (Å²) in [7, 11) is 0. The first-order chi connectivity index (χ1) is 14.6. The lowest BCUT2D eigenvalue weighted by molar-refractivity contribution is -0.121. The Labute approximate surface area is 174 Å². The van der Waals surface area contributed by atoms with Gasteiger partial charge in [0.05, 0.1) is 17.8 Å². The molecule has 4 rings (SSSR count). The third kappa shape index (κ3) is 4.41. The van der Waals surface area contributed by atoms with E-state index in [2.05, 4.69) is 10.3 Å². The minimum absolute atomic E-state index is 0.0288. The smallest absolute Gasteiger partial charge is 0.265 e. The number of rotatable bonds is 6. The molecule has 1 N–H and O–H groups in total. The van der Waals surface area contributed by atoms with E-state index in [4.69, 9.17) is 9.47 Å². The number of nitrogens with zero attached hydrogens (tertiary/aromatic N) is 2. The van der Waals surface area contributed by atoms with E-state index in [0.29, 0.717) is 35.8 Å². The molecule has 1 aromatic heterocycles. The molecule has 152 valence electrons. The molecule has 0 bridgehead atoms. The summed E-state index contributed by atoms with van der Waals surface area (Å²) in [6.07, 6.45) is 3.10. The van der Waals surface area contributed by atoms with Crippen LogP contribution in [0.4, 0.5) is 11.4 Å². The van der Waals surface area contributed by atoms with Crippen molar-refractivity contribution in [2.75, 3.05) is 30.0 Å². The number of nitrogens with one attached hydrogen (secondary N) is 1. The zero-order valence-corrected chi connectivity index (χ0v) is 16.5. The summed E-state index contributed by atoms with van der Waals surface area (Å²) < 4.78 is 11.3. The van der Waals surface area contributed by atoms with Crippen LogP contribution in [0, 0.1) is 6.92 Å². The number of carbonyl (C=O) groups excluding carboxylic acids is 2. The van der Waals surface area contributed by atoms with Crippen molar-refractivity contribution in [3.63, 3.8) is 0 Å². The molecule has 0 atom stereocenters. The van der Waals surface area contributed by atoms with Crippen LogP contribution in [0.25, 0.3) is 0 Å². The Kier molecular flexibility index (Phi) is 5.61. The first-order valence-electron chi connectivity index (χ1n) is 9.58. The highest BCUT2D eigenvalue weighted by Gasteiger charge is 2.26. The van der Waals surface area contributed by atoms with Crippen LogP contribution < -0.4 is 19.7 Å². The van der Waals surface area contributed by atoms with Gasteiger partial charge in [-0.2, -0.15) is 0 Å². The molecule has 7 nitrogen and oxygen atoms in total. The summed E-state index contributed by atoms with van der Waals surface area (Å²) in [6, 6.07) is 16.3. The molecule has 0 spiro atoms. The summed E-state index contributed by atoms with van der Waals surface area (Å²) in [6.45, 7) is 2.68. The SMILES string of the molecule is Cc1ccc(OCCN2C(=O)COc3ccc(NC(=O)c4cccnc4)cc32)cc1. The number of aryl methyl sites for hydroxylation is 1. The number of fused-ring (bicyclic) bond motifs is 1. The standard InChI is InChI=1S/C23H21N3O4/c1-16-4-7-19(8-5-16)29-12-11-26-20-13-18(6-9-21(20)30-15-22(26)27)25-23(28)17-3-2-10-24-14-17/h2-10,13-14H,11-12,15H2,1H3,(H,25,28). The van der Waals surface area contributed by atoms with Gasteiger partial charge in [0.15, 0.2) is 6.61 Å². The number of hydrogen-bond acceptors (Lipinski definition) is 5. The van der Waals surface area contributed by atoms with Crippen molar-refractivity contribution in [1.82, 2.24) is 4.98 Å². The molecule has 7 heteroatoms. The first kappa shape index (κ1) is 19.4. The summed E-state index contributed by atoms with van der Waals surface area (Å²) in [4.78, 5) is 30.4. The van der Waals surface area contributed by atoms with E-state index in [1.54, 1.807) is 41.4 Å². The first-order valence-corrected chi connectivity index (χ1v) is 9.58. The molecule has 1 aliphatic rings. The molecular weight excluding hydrogens is 382 g/mol. The van der Waals surface area contributed by atoms with Crippen LogP contribution in [0.5, 0.6) is 11.5 Å². The van der Waals surface area contributed by atoms with Gasteiger partial charge in [-0.3, -0.25) is 14.6 Å². The van der Waals surface area contributed by atoms with Gasteiger partial charge in [0.2, 0.25) is 0 Å². The van der Waals surface area contributed by atoms with Crippen molar-refractivity contribution in [1.29, 1.82) is 0 Å². The average molecular weight is 403 g/mol. The maximum Gasteiger partial charge on any atom is 0.265 e. The lowest BCUT2D eigenvalue weighted by Gasteiger charge is -2.29. The van der Waals surface area contributed by atoms with Gasteiger partial charge in [-0.1, -0.05) is 17.7 Å². The number of amides is 2. The fourth-order valence-electron chi connectivity index (χ4n) is 3.11. The summed E-state index contributed by atoms with van der Waals surface area (Å²) >= 11 is 0. The quantitative estimate of drug-likeness (QED) is 0.682. The largest absolute Gasteiger partial charge is 0.492 e. The second kappa shape index (κ2) is 8.65. The van der Waals surface area contributed by atoms with Crippen LogP contribution in [0.2, 0.25) is 0 Å². The van der Waals surface area contributed by atoms with Gasteiger partial charge in [0, 0.05) is 18.1 Å². The third-order valence-corrected chi connectivity index (χ3v) is 4.69. The van der Waals surface area contributed by atoms with Crippen LogP contribution in [0.3, 0.4) is 0 Å². The number of aromatic nitrogens is 1. The van der Waals surface area contributed by atoms with Gasteiger partial charge in [0.1, 0.15) is 18.1 Å². The Bertz CT molecular complexity index is 1050. The zero-order chi connectivity index (χ0) is 20.9. The van der Waals surface area contributed by atoms with Gasteiger partial charge < -0.3 is 19.7 Å². The van der Waals surface area contributed by atoms with Crippen molar-refractivity contribution in [3.8, 4) is 11.5 Å². The van der Waals surface area contributed by atoms with Crippen LogP contribution in [-0.2, 0) is 4.79 Å². The molecule has 2 amide bonds. The number of ether oxygens (including phenoxy) is 2. The minimum Gasteiger partial charge on any atom is -0.492 e. The summed E-state index contributed by atoms with van der Waals surface area (Å²) in [5.41, 5.74) is 2.76. The molecule has 2 aromatic carbocycles. The van der Waals surface area contributed by atoms with Crippen molar-refractivity contribution in [2.45, 2.75) is 6.92 Å². The second-order valence-electron chi connectivity index (χ2n) is 6.87. The van der Waals surface area contributed by atoms with Gasteiger partial charge in [-0.15, -0.1) is 0 Å². The van der Waals surface area contributed by atoms with E-state index in [1.165, 1.54) is 6.20 Å². The lowest BCUT2D eigenvalue weighted by Crippen LogP contribution is -2.41. The topological polar surface area (TPSA) is 80.8 Å². The average Bonchev–Trinajstić information content (AvgIpc) is 2.77. The Hall–Kier alpha value is -3.87. The number of carbonyl (C=O) groups is 2. The van der Waals surface area contributed by atoms with Crippen molar-refractivity contribution in [3.05, 3.63) is 78.1 Å². The van der Waals surface area contributed by atoms with Crippen LogP contribution in [-0.4, -0.2) is 36.6 Å². The Morgan fingerprint density at radius 3 is 2.80 bits per heavy atom. The summed E-state index contributed by atoms with van der Waals surface area (Å²) in [5, 5.41) is 2.83. The Morgan fingerprint density at radius 2 is 2.03 bits per heavy atom. The van der Waals surface area contributed by atoms with Crippen molar-refractivity contribution < 1.29 is 19.1 Å². The van der Waals surface area contributed by atoms with E-state index in [0.717, 1.165) is 11.3 Å². The molecule has 0 radical (unpaired) electrons. The molecule has 2 heterocycles. The molecule has 0 saturated heterocycles.